The van der Waals surface area contributed by atoms with Gasteiger partial charge in [-0.1, -0.05) is 18.2 Å². The molecule has 0 spiro atoms. The fraction of sp³-hybridized carbons (Fsp3) is 0.176. The van der Waals surface area contributed by atoms with Gasteiger partial charge in [-0.15, -0.1) is 16.4 Å². The van der Waals surface area contributed by atoms with Crippen LogP contribution < -0.4 is 5.32 Å². The molecule has 4 aromatic rings. The summed E-state index contributed by atoms with van der Waals surface area (Å²) in [6.45, 7) is 1.79. The van der Waals surface area contributed by atoms with Crippen LogP contribution in [0.5, 0.6) is 0 Å². The second-order valence-corrected chi connectivity index (χ2v) is 7.41. The number of nitrogens with one attached hydrogen (secondary N) is 2. The van der Waals surface area contributed by atoms with E-state index in [1.165, 1.54) is 11.3 Å². The number of aryl methyl sites for hydroxylation is 1. The van der Waals surface area contributed by atoms with Gasteiger partial charge in [-0.3, -0.25) is 14.5 Å². The Balaban J connectivity index is 1.59. The molecule has 4 rings (SSSR count). The molecular formula is C17H16N8OS2. The Kier molecular flexibility index (Phi) is 4.84. The van der Waals surface area contributed by atoms with Crippen LogP contribution in [0.1, 0.15) is 13.0 Å². The lowest BCUT2D eigenvalue weighted by Gasteiger charge is -2.15. The number of aromatic amines is 1. The Morgan fingerprint density at radius 1 is 1.29 bits per heavy atom. The number of tetrazole rings is 1. The highest BCUT2D eigenvalue weighted by molar-refractivity contribution is 7.71. The zero-order valence-electron chi connectivity index (χ0n) is 15.0. The van der Waals surface area contributed by atoms with E-state index in [1.807, 2.05) is 41.8 Å². The summed E-state index contributed by atoms with van der Waals surface area (Å²) in [5, 5.41) is 23.4. The minimum atomic E-state index is -0.552. The molecule has 3 aromatic heterocycles. The Hall–Kier alpha value is -3.18. The van der Waals surface area contributed by atoms with E-state index in [9.17, 15) is 4.79 Å². The first kappa shape index (κ1) is 18.2. The van der Waals surface area contributed by atoms with Crippen LogP contribution in [0.25, 0.3) is 22.1 Å². The smallest absolute Gasteiger partial charge is 0.247 e. The lowest BCUT2D eigenvalue weighted by Crippen LogP contribution is -2.24. The first-order chi connectivity index (χ1) is 13.5. The number of rotatable bonds is 5. The van der Waals surface area contributed by atoms with Crippen molar-refractivity contribution in [2.45, 2.75) is 13.0 Å². The van der Waals surface area contributed by atoms with Gasteiger partial charge in [0.1, 0.15) is 6.04 Å². The molecule has 0 aliphatic heterocycles. The van der Waals surface area contributed by atoms with Gasteiger partial charge in [0.2, 0.25) is 5.91 Å². The summed E-state index contributed by atoms with van der Waals surface area (Å²) in [6.07, 6.45) is 0. The molecule has 0 saturated heterocycles. The zero-order chi connectivity index (χ0) is 19.7. The SMILES string of the molecule is CC(C(=O)Nc1cccc(-c2nnnn2C)c1)n1c(-c2cccs2)n[nH]c1=S. The van der Waals surface area contributed by atoms with E-state index in [0.717, 1.165) is 10.4 Å². The van der Waals surface area contributed by atoms with Crippen LogP contribution in [0.3, 0.4) is 0 Å². The van der Waals surface area contributed by atoms with Crippen LogP contribution in [0.4, 0.5) is 5.69 Å². The van der Waals surface area contributed by atoms with Gasteiger partial charge in [0, 0.05) is 18.3 Å². The van der Waals surface area contributed by atoms with Gasteiger partial charge in [-0.2, -0.15) is 5.10 Å². The molecule has 0 saturated carbocycles. The van der Waals surface area contributed by atoms with E-state index < -0.39 is 6.04 Å². The highest BCUT2D eigenvalue weighted by Crippen LogP contribution is 2.26. The summed E-state index contributed by atoms with van der Waals surface area (Å²) in [6, 6.07) is 10.7. The van der Waals surface area contributed by atoms with E-state index in [-0.39, 0.29) is 5.91 Å². The lowest BCUT2D eigenvalue weighted by atomic mass is 10.2. The first-order valence-corrected chi connectivity index (χ1v) is 9.68. The highest BCUT2D eigenvalue weighted by atomic mass is 32.1. The molecule has 1 aromatic carbocycles. The molecule has 0 fully saturated rings. The van der Waals surface area contributed by atoms with Crippen molar-refractivity contribution in [1.82, 2.24) is 35.0 Å². The number of aromatic nitrogens is 7. The van der Waals surface area contributed by atoms with Gasteiger partial charge in [-0.25, -0.2) is 4.68 Å². The minimum Gasteiger partial charge on any atom is -0.324 e. The lowest BCUT2D eigenvalue weighted by molar-refractivity contribution is -0.118. The van der Waals surface area contributed by atoms with Crippen molar-refractivity contribution in [3.8, 4) is 22.1 Å². The predicted octanol–water partition coefficient (Wildman–Crippen LogP) is 3.06. The van der Waals surface area contributed by atoms with Gasteiger partial charge in [0.25, 0.3) is 0 Å². The number of carbonyl (C=O) groups is 1. The third kappa shape index (κ3) is 3.37. The molecule has 11 heteroatoms. The normalized spacial score (nSPS) is 12.1. The molecule has 2 N–H and O–H groups in total. The van der Waals surface area contributed by atoms with Crippen LogP contribution in [0.15, 0.2) is 41.8 Å². The van der Waals surface area contributed by atoms with Gasteiger partial charge in [0.15, 0.2) is 16.4 Å². The maximum atomic E-state index is 12.9. The maximum Gasteiger partial charge on any atom is 0.247 e. The van der Waals surface area contributed by atoms with Crippen molar-refractivity contribution in [2.24, 2.45) is 7.05 Å². The quantitative estimate of drug-likeness (QED) is 0.488. The van der Waals surface area contributed by atoms with E-state index in [4.69, 9.17) is 12.2 Å². The number of benzene rings is 1. The van der Waals surface area contributed by atoms with E-state index in [2.05, 4.69) is 31.0 Å². The summed E-state index contributed by atoms with van der Waals surface area (Å²) in [5.41, 5.74) is 1.45. The van der Waals surface area contributed by atoms with Crippen LogP contribution >= 0.6 is 23.6 Å². The zero-order valence-corrected chi connectivity index (χ0v) is 16.7. The van der Waals surface area contributed by atoms with Crippen LogP contribution in [-0.2, 0) is 11.8 Å². The number of hydrogen-bond donors (Lipinski definition) is 2. The molecule has 1 amide bonds. The number of hydrogen-bond acceptors (Lipinski definition) is 7. The van der Waals surface area contributed by atoms with Crippen molar-refractivity contribution in [3.63, 3.8) is 0 Å². The first-order valence-electron chi connectivity index (χ1n) is 8.39. The number of amides is 1. The third-order valence-electron chi connectivity index (χ3n) is 4.22. The summed E-state index contributed by atoms with van der Waals surface area (Å²) in [4.78, 5) is 13.8. The maximum absolute atomic E-state index is 12.9. The molecule has 142 valence electrons. The van der Waals surface area contributed by atoms with Crippen LogP contribution in [-0.4, -0.2) is 40.9 Å². The van der Waals surface area contributed by atoms with Crippen molar-refractivity contribution in [2.75, 3.05) is 5.32 Å². The Bertz CT molecular complexity index is 1170. The standard InChI is InChI=1S/C17H16N8OS2/c1-10(25-15(19-21-17(25)27)13-7-4-8-28-13)16(26)18-12-6-3-5-11(9-12)14-20-22-23-24(14)2/h3-10H,1-2H3,(H,18,26)(H,21,27). The van der Waals surface area contributed by atoms with Gasteiger partial charge in [0.05, 0.1) is 4.88 Å². The second kappa shape index (κ2) is 7.44. The van der Waals surface area contributed by atoms with E-state index in [0.29, 0.717) is 22.1 Å². The van der Waals surface area contributed by atoms with E-state index in [1.54, 1.807) is 23.2 Å². The molecule has 1 atom stereocenters. The van der Waals surface area contributed by atoms with E-state index >= 15 is 0 Å². The highest BCUT2D eigenvalue weighted by Gasteiger charge is 2.21. The molecule has 9 nitrogen and oxygen atoms in total. The number of anilines is 1. The molecule has 0 aliphatic carbocycles. The number of nitrogens with zero attached hydrogens (tertiary/aromatic N) is 6. The second-order valence-electron chi connectivity index (χ2n) is 6.07. The van der Waals surface area contributed by atoms with Gasteiger partial charge < -0.3 is 5.32 Å². The Labute approximate surface area is 169 Å². The topological polar surface area (TPSA) is 106 Å². The van der Waals surface area contributed by atoms with Crippen LogP contribution in [0.2, 0.25) is 0 Å². The van der Waals surface area contributed by atoms with Crippen molar-refractivity contribution >= 4 is 35.1 Å². The fourth-order valence-corrected chi connectivity index (χ4v) is 3.82. The van der Waals surface area contributed by atoms with Crippen molar-refractivity contribution in [1.29, 1.82) is 0 Å². The third-order valence-corrected chi connectivity index (χ3v) is 5.37. The number of thiophene rings is 1. The summed E-state index contributed by atoms with van der Waals surface area (Å²) in [5.74, 6) is 1.05. The number of carbonyl (C=O) groups excluding carboxylic acids is 1. The molecule has 0 bridgehead atoms. The molecule has 1 unspecified atom stereocenters. The van der Waals surface area contributed by atoms with Gasteiger partial charge >= 0.3 is 0 Å². The monoisotopic (exact) mass is 412 g/mol. The van der Waals surface area contributed by atoms with Crippen LogP contribution in [0, 0.1) is 4.77 Å². The Morgan fingerprint density at radius 2 is 2.14 bits per heavy atom. The van der Waals surface area contributed by atoms with Gasteiger partial charge in [-0.05, 0) is 53.1 Å². The minimum absolute atomic E-state index is 0.205. The fourth-order valence-electron chi connectivity index (χ4n) is 2.82. The average molecular weight is 413 g/mol. The van der Waals surface area contributed by atoms with Crippen molar-refractivity contribution in [3.05, 3.63) is 46.5 Å². The summed E-state index contributed by atoms with van der Waals surface area (Å²) >= 11 is 6.88. The predicted molar refractivity (Wildman–Crippen MR) is 108 cm³/mol. The molecule has 0 aliphatic rings. The number of H-pyrrole nitrogens is 1. The summed E-state index contributed by atoms with van der Waals surface area (Å²) < 4.78 is 3.68. The largest absolute Gasteiger partial charge is 0.324 e. The average Bonchev–Trinajstić information content (AvgIpc) is 3.42. The molecule has 3 heterocycles. The van der Waals surface area contributed by atoms with Crippen molar-refractivity contribution < 1.29 is 4.79 Å². The Morgan fingerprint density at radius 3 is 2.86 bits per heavy atom. The molecule has 28 heavy (non-hydrogen) atoms. The molecular weight excluding hydrogens is 396 g/mol. The summed E-state index contributed by atoms with van der Waals surface area (Å²) in [7, 11) is 1.76. The molecule has 0 radical (unpaired) electrons.